The smallest absolute Gasteiger partial charge is 0.339 e. The van der Waals surface area contributed by atoms with Gasteiger partial charge >= 0.3 is 11.9 Å². The molecule has 0 spiro atoms. The molecular weight excluding hydrogens is 334 g/mol. The van der Waals surface area contributed by atoms with Crippen LogP contribution in [-0.4, -0.2) is 49.5 Å². The molecule has 0 saturated carbocycles. The number of aliphatic carboxylic acids is 1. The van der Waals surface area contributed by atoms with E-state index in [1.54, 1.807) is 0 Å². The van der Waals surface area contributed by atoms with Crippen molar-refractivity contribution in [3.63, 3.8) is 0 Å². The Kier molecular flexibility index (Phi) is 4.74. The van der Waals surface area contributed by atoms with Crippen molar-refractivity contribution in [1.29, 1.82) is 0 Å². The van der Waals surface area contributed by atoms with Gasteiger partial charge in [-0.05, 0) is 31.0 Å². The molecule has 1 aromatic rings. The standard InChI is InChI=1S/C13H14ClNO6S/c1-21-13(18)9-5-4-8(14)7-11(9)22(19,20)15-6-2-3-10(15)12(16)17/h4-5,7,10H,2-3,6H2,1H3,(H,16,17)/t10-/m1/s1. The minimum atomic E-state index is -4.17. The fourth-order valence-corrected chi connectivity index (χ4v) is 4.48. The minimum Gasteiger partial charge on any atom is -0.480 e. The number of carboxylic acid groups (broad SMARTS) is 1. The lowest BCUT2D eigenvalue weighted by Gasteiger charge is -2.22. The normalized spacial score (nSPS) is 19.1. The van der Waals surface area contributed by atoms with Gasteiger partial charge in [0.25, 0.3) is 0 Å². The fraction of sp³-hybridized carbons (Fsp3) is 0.385. The van der Waals surface area contributed by atoms with Crippen molar-refractivity contribution in [2.45, 2.75) is 23.8 Å². The van der Waals surface area contributed by atoms with E-state index in [2.05, 4.69) is 4.74 Å². The summed E-state index contributed by atoms with van der Waals surface area (Å²) in [5, 5.41) is 9.27. The maximum atomic E-state index is 12.7. The van der Waals surface area contributed by atoms with E-state index in [0.717, 1.165) is 17.5 Å². The van der Waals surface area contributed by atoms with Crippen LogP contribution in [0.25, 0.3) is 0 Å². The number of carbonyl (C=O) groups is 2. The average molecular weight is 348 g/mol. The summed E-state index contributed by atoms with van der Waals surface area (Å²) in [7, 11) is -3.05. The zero-order valence-corrected chi connectivity index (χ0v) is 13.2. The van der Waals surface area contributed by atoms with Crippen molar-refractivity contribution in [1.82, 2.24) is 4.31 Å². The van der Waals surface area contributed by atoms with Crippen LogP contribution in [0.15, 0.2) is 23.1 Å². The summed E-state index contributed by atoms with van der Waals surface area (Å²) in [5.41, 5.74) is -0.178. The van der Waals surface area contributed by atoms with Crippen molar-refractivity contribution in [3.05, 3.63) is 28.8 Å². The Morgan fingerprint density at radius 1 is 1.41 bits per heavy atom. The Morgan fingerprint density at radius 3 is 2.68 bits per heavy atom. The monoisotopic (exact) mass is 347 g/mol. The lowest BCUT2D eigenvalue weighted by molar-refractivity contribution is -0.140. The van der Waals surface area contributed by atoms with E-state index in [4.69, 9.17) is 16.7 Å². The maximum absolute atomic E-state index is 12.7. The number of sulfonamides is 1. The molecule has 120 valence electrons. The fourth-order valence-electron chi connectivity index (χ4n) is 2.39. The quantitative estimate of drug-likeness (QED) is 0.825. The Morgan fingerprint density at radius 2 is 2.09 bits per heavy atom. The van der Waals surface area contributed by atoms with Crippen molar-refractivity contribution < 1.29 is 27.9 Å². The molecular formula is C13H14ClNO6S. The maximum Gasteiger partial charge on any atom is 0.339 e. The third-order valence-corrected chi connectivity index (χ3v) is 5.61. The molecule has 0 radical (unpaired) electrons. The van der Waals surface area contributed by atoms with Gasteiger partial charge in [-0.25, -0.2) is 13.2 Å². The lowest BCUT2D eigenvalue weighted by Crippen LogP contribution is -2.40. The van der Waals surface area contributed by atoms with Crippen molar-refractivity contribution in [3.8, 4) is 0 Å². The van der Waals surface area contributed by atoms with E-state index in [0.29, 0.717) is 6.42 Å². The van der Waals surface area contributed by atoms with E-state index in [1.165, 1.54) is 12.1 Å². The lowest BCUT2D eigenvalue weighted by atomic mass is 10.2. The second kappa shape index (κ2) is 6.23. The highest BCUT2D eigenvalue weighted by molar-refractivity contribution is 7.89. The van der Waals surface area contributed by atoms with Crippen LogP contribution in [0, 0.1) is 0 Å². The Labute approximate surface area is 132 Å². The minimum absolute atomic E-state index is 0.0758. The molecule has 1 aromatic carbocycles. The number of hydrogen-bond donors (Lipinski definition) is 1. The third-order valence-electron chi connectivity index (χ3n) is 3.42. The second-order valence-corrected chi connectivity index (χ2v) is 7.04. The number of halogens is 1. The van der Waals surface area contributed by atoms with Gasteiger partial charge in [0, 0.05) is 11.6 Å². The highest BCUT2D eigenvalue weighted by Crippen LogP contribution is 2.30. The van der Waals surface area contributed by atoms with Crippen LogP contribution in [0.5, 0.6) is 0 Å². The highest BCUT2D eigenvalue weighted by Gasteiger charge is 2.41. The topological polar surface area (TPSA) is 101 Å². The van der Waals surface area contributed by atoms with Crippen LogP contribution in [0.2, 0.25) is 5.02 Å². The van der Waals surface area contributed by atoms with E-state index in [9.17, 15) is 18.0 Å². The summed E-state index contributed by atoms with van der Waals surface area (Å²) in [5.74, 6) is -2.05. The summed E-state index contributed by atoms with van der Waals surface area (Å²) in [6, 6.07) is 2.59. The number of carbonyl (C=O) groups excluding carboxylic acids is 1. The van der Waals surface area contributed by atoms with Crippen LogP contribution in [-0.2, 0) is 19.6 Å². The molecule has 1 N–H and O–H groups in total. The first kappa shape index (κ1) is 16.7. The van der Waals surface area contributed by atoms with E-state index >= 15 is 0 Å². The number of ether oxygens (including phenoxy) is 1. The van der Waals surface area contributed by atoms with Gasteiger partial charge in [0.1, 0.15) is 6.04 Å². The first-order chi connectivity index (χ1) is 10.3. The van der Waals surface area contributed by atoms with Crippen LogP contribution < -0.4 is 0 Å². The number of hydrogen-bond acceptors (Lipinski definition) is 5. The molecule has 0 amide bonds. The first-order valence-corrected chi connectivity index (χ1v) is 8.23. The molecule has 1 aliphatic heterocycles. The summed E-state index contributed by atoms with van der Waals surface area (Å²) in [4.78, 5) is 22.6. The molecule has 22 heavy (non-hydrogen) atoms. The molecule has 2 rings (SSSR count). The highest BCUT2D eigenvalue weighted by atomic mass is 35.5. The summed E-state index contributed by atoms with van der Waals surface area (Å²) >= 11 is 5.82. The van der Waals surface area contributed by atoms with Gasteiger partial charge in [-0.3, -0.25) is 4.79 Å². The molecule has 0 aliphatic carbocycles. The largest absolute Gasteiger partial charge is 0.480 e. The zero-order valence-electron chi connectivity index (χ0n) is 11.7. The van der Waals surface area contributed by atoms with Gasteiger partial charge in [0.15, 0.2) is 0 Å². The predicted octanol–water partition coefficient (Wildman–Crippen LogP) is 1.36. The molecule has 0 bridgehead atoms. The van der Waals surface area contributed by atoms with Crippen LogP contribution in [0.3, 0.4) is 0 Å². The average Bonchev–Trinajstić information content (AvgIpc) is 2.96. The summed E-state index contributed by atoms with van der Waals surface area (Å²) in [6.45, 7) is 0.0758. The number of carboxylic acids is 1. The second-order valence-electron chi connectivity index (χ2n) is 4.74. The third kappa shape index (κ3) is 2.94. The van der Waals surface area contributed by atoms with Crippen LogP contribution in [0.1, 0.15) is 23.2 Å². The van der Waals surface area contributed by atoms with Crippen LogP contribution in [0.4, 0.5) is 0 Å². The molecule has 9 heteroatoms. The SMILES string of the molecule is COC(=O)c1ccc(Cl)cc1S(=O)(=O)N1CCC[C@@H]1C(=O)O. The van der Waals surface area contributed by atoms with E-state index in [1.807, 2.05) is 0 Å². The number of esters is 1. The zero-order chi connectivity index (χ0) is 16.5. The van der Waals surface area contributed by atoms with Gasteiger partial charge in [-0.1, -0.05) is 11.6 Å². The van der Waals surface area contributed by atoms with Crippen LogP contribution >= 0.6 is 11.6 Å². The molecule has 1 atom stereocenters. The molecule has 1 fully saturated rings. The summed E-state index contributed by atoms with van der Waals surface area (Å²) < 4.78 is 30.9. The number of methoxy groups -OCH3 is 1. The van der Waals surface area contributed by atoms with Gasteiger partial charge in [-0.15, -0.1) is 0 Å². The number of benzene rings is 1. The number of rotatable bonds is 4. The molecule has 0 unspecified atom stereocenters. The number of nitrogens with zero attached hydrogens (tertiary/aromatic N) is 1. The Bertz CT molecular complexity index is 717. The Hall–Kier alpha value is -1.64. The van der Waals surface area contributed by atoms with E-state index in [-0.39, 0.29) is 28.4 Å². The molecule has 1 saturated heterocycles. The van der Waals surface area contributed by atoms with Crippen molar-refractivity contribution in [2.75, 3.05) is 13.7 Å². The van der Waals surface area contributed by atoms with Gasteiger partial charge in [0.05, 0.1) is 17.6 Å². The van der Waals surface area contributed by atoms with Crippen molar-refractivity contribution >= 4 is 33.6 Å². The molecule has 7 nitrogen and oxygen atoms in total. The first-order valence-electron chi connectivity index (χ1n) is 6.41. The summed E-state index contributed by atoms with van der Waals surface area (Å²) in [6.07, 6.45) is 0.660. The molecule has 1 aliphatic rings. The van der Waals surface area contributed by atoms with Gasteiger partial charge < -0.3 is 9.84 Å². The molecule has 0 aromatic heterocycles. The van der Waals surface area contributed by atoms with E-state index < -0.39 is 28.0 Å². The predicted molar refractivity (Wildman–Crippen MR) is 77.3 cm³/mol. The molecule has 1 heterocycles. The van der Waals surface area contributed by atoms with Gasteiger partial charge in [0.2, 0.25) is 10.0 Å². The Balaban J connectivity index is 2.56. The van der Waals surface area contributed by atoms with Gasteiger partial charge in [-0.2, -0.15) is 4.31 Å². The van der Waals surface area contributed by atoms with Crippen molar-refractivity contribution in [2.24, 2.45) is 0 Å².